The first-order chi connectivity index (χ1) is 9.80. The molecule has 2 rings (SSSR count). The third kappa shape index (κ3) is 3.63. The number of rotatable bonds is 3. The third-order valence-corrected chi connectivity index (χ3v) is 3.63. The Hall–Kier alpha value is -1.38. The lowest BCUT2D eigenvalue weighted by Crippen LogP contribution is -2.49. The van der Waals surface area contributed by atoms with E-state index >= 15 is 0 Å². The van der Waals surface area contributed by atoms with Gasteiger partial charge in [0.05, 0.1) is 4.92 Å². The van der Waals surface area contributed by atoms with Crippen LogP contribution in [0.4, 0.5) is 18.9 Å². The predicted octanol–water partition coefficient (Wildman–Crippen LogP) is 2.76. The van der Waals surface area contributed by atoms with Gasteiger partial charge in [0.1, 0.15) is 11.1 Å². The molecular formula is C12H13ClF3N3O2. The maximum atomic E-state index is 13.4. The Labute approximate surface area is 123 Å². The van der Waals surface area contributed by atoms with Crippen molar-refractivity contribution in [2.45, 2.75) is 12.2 Å². The van der Waals surface area contributed by atoms with Gasteiger partial charge in [0.25, 0.3) is 5.69 Å². The van der Waals surface area contributed by atoms with Crippen LogP contribution in [0.15, 0.2) is 18.2 Å². The number of nitro groups is 1. The summed E-state index contributed by atoms with van der Waals surface area (Å²) in [6.45, 7) is 1.34. The Morgan fingerprint density at radius 2 is 1.95 bits per heavy atom. The molecule has 1 saturated heterocycles. The highest BCUT2D eigenvalue weighted by Crippen LogP contribution is 2.40. The average molecular weight is 324 g/mol. The van der Waals surface area contributed by atoms with Crippen molar-refractivity contribution in [1.82, 2.24) is 10.2 Å². The highest BCUT2D eigenvalue weighted by atomic mass is 35.5. The fourth-order valence-electron chi connectivity index (χ4n) is 2.39. The van der Waals surface area contributed by atoms with Crippen molar-refractivity contribution >= 4 is 17.3 Å². The fraction of sp³-hybridized carbons (Fsp3) is 0.500. The van der Waals surface area contributed by atoms with Crippen molar-refractivity contribution in [2.24, 2.45) is 0 Å². The molecule has 1 aromatic rings. The van der Waals surface area contributed by atoms with E-state index in [1.54, 1.807) is 0 Å². The number of nitrogens with zero attached hydrogens (tertiary/aromatic N) is 2. The molecule has 5 nitrogen and oxygen atoms in total. The largest absolute Gasteiger partial charge is 0.408 e. The van der Waals surface area contributed by atoms with Crippen LogP contribution in [0.5, 0.6) is 0 Å². The van der Waals surface area contributed by atoms with Gasteiger partial charge in [0, 0.05) is 32.2 Å². The van der Waals surface area contributed by atoms with Crippen molar-refractivity contribution in [2.75, 3.05) is 26.2 Å². The molecule has 1 aliphatic rings. The minimum absolute atomic E-state index is 0.166. The summed E-state index contributed by atoms with van der Waals surface area (Å²) in [5.74, 6) is 0. The maximum Gasteiger partial charge on any atom is 0.408 e. The van der Waals surface area contributed by atoms with Crippen LogP contribution in [0.2, 0.25) is 5.02 Å². The number of benzene rings is 1. The van der Waals surface area contributed by atoms with E-state index in [0.29, 0.717) is 13.1 Å². The Morgan fingerprint density at radius 1 is 1.33 bits per heavy atom. The molecule has 0 amide bonds. The van der Waals surface area contributed by atoms with E-state index < -0.39 is 22.8 Å². The molecule has 9 heteroatoms. The van der Waals surface area contributed by atoms with Crippen LogP contribution < -0.4 is 5.32 Å². The van der Waals surface area contributed by atoms with Crippen LogP contribution in [-0.4, -0.2) is 42.2 Å². The van der Waals surface area contributed by atoms with E-state index in [4.69, 9.17) is 11.6 Å². The molecule has 1 aliphatic heterocycles. The van der Waals surface area contributed by atoms with Gasteiger partial charge in [-0.3, -0.25) is 15.0 Å². The summed E-state index contributed by atoms with van der Waals surface area (Å²) in [5.41, 5.74) is -0.681. The van der Waals surface area contributed by atoms with E-state index in [2.05, 4.69) is 5.32 Å². The molecule has 0 radical (unpaired) electrons. The van der Waals surface area contributed by atoms with Crippen LogP contribution in [-0.2, 0) is 0 Å². The first kappa shape index (κ1) is 16.0. The monoisotopic (exact) mass is 323 g/mol. The number of hydrogen-bond acceptors (Lipinski definition) is 4. The quantitative estimate of drug-likeness (QED) is 0.686. The Morgan fingerprint density at radius 3 is 2.48 bits per heavy atom. The minimum atomic E-state index is -4.51. The summed E-state index contributed by atoms with van der Waals surface area (Å²) < 4.78 is 40.1. The molecular weight excluding hydrogens is 311 g/mol. The molecule has 0 unspecified atom stereocenters. The molecule has 0 aromatic heterocycles. The summed E-state index contributed by atoms with van der Waals surface area (Å²) in [6, 6.07) is 1.36. The Bertz CT molecular complexity index is 533. The van der Waals surface area contributed by atoms with Gasteiger partial charge >= 0.3 is 6.18 Å². The highest BCUT2D eigenvalue weighted by molar-refractivity contribution is 6.32. The predicted molar refractivity (Wildman–Crippen MR) is 71.3 cm³/mol. The minimum Gasteiger partial charge on any atom is -0.314 e. The SMILES string of the molecule is O=[N+]([O-])c1cc([C@H](N2CCNCC2)C(F)(F)F)ccc1Cl. The number of halogens is 4. The summed E-state index contributed by atoms with van der Waals surface area (Å²) in [6.07, 6.45) is -4.51. The fourth-order valence-corrected chi connectivity index (χ4v) is 2.57. The second kappa shape index (κ2) is 6.17. The molecule has 0 spiro atoms. The molecule has 1 aromatic carbocycles. The van der Waals surface area contributed by atoms with Crippen molar-refractivity contribution in [3.05, 3.63) is 38.9 Å². The maximum absolute atomic E-state index is 13.4. The summed E-state index contributed by atoms with van der Waals surface area (Å²) in [7, 11) is 0. The lowest BCUT2D eigenvalue weighted by atomic mass is 10.0. The number of nitrogens with one attached hydrogen (secondary N) is 1. The van der Waals surface area contributed by atoms with E-state index in [0.717, 1.165) is 12.1 Å². The topological polar surface area (TPSA) is 58.4 Å². The van der Waals surface area contributed by atoms with Gasteiger partial charge in [-0.05, 0) is 11.6 Å². The van der Waals surface area contributed by atoms with Crippen molar-refractivity contribution in [3.63, 3.8) is 0 Å². The van der Waals surface area contributed by atoms with Crippen LogP contribution in [0.25, 0.3) is 0 Å². The van der Waals surface area contributed by atoms with E-state index in [-0.39, 0.29) is 23.7 Å². The number of piperazine rings is 1. The van der Waals surface area contributed by atoms with Gasteiger partial charge in [-0.1, -0.05) is 17.7 Å². The van der Waals surface area contributed by atoms with Gasteiger partial charge in [-0.15, -0.1) is 0 Å². The van der Waals surface area contributed by atoms with Gasteiger partial charge in [-0.2, -0.15) is 13.2 Å². The average Bonchev–Trinajstić information content (AvgIpc) is 2.40. The van der Waals surface area contributed by atoms with Crippen LogP contribution >= 0.6 is 11.6 Å². The Kier molecular flexibility index (Phi) is 4.70. The van der Waals surface area contributed by atoms with Crippen molar-refractivity contribution in [3.8, 4) is 0 Å². The lowest BCUT2D eigenvalue weighted by Gasteiger charge is -2.36. The lowest BCUT2D eigenvalue weighted by molar-refractivity contribution is -0.384. The summed E-state index contributed by atoms with van der Waals surface area (Å²) in [4.78, 5) is 11.3. The van der Waals surface area contributed by atoms with Gasteiger partial charge < -0.3 is 5.32 Å². The highest BCUT2D eigenvalue weighted by Gasteiger charge is 2.45. The Balaban J connectivity index is 2.41. The molecule has 1 atom stereocenters. The van der Waals surface area contributed by atoms with Crippen molar-refractivity contribution in [1.29, 1.82) is 0 Å². The zero-order valence-electron chi connectivity index (χ0n) is 10.9. The zero-order valence-corrected chi connectivity index (χ0v) is 11.6. The van der Waals surface area contributed by atoms with Crippen LogP contribution in [0.3, 0.4) is 0 Å². The number of nitro benzene ring substituents is 1. The number of hydrogen-bond donors (Lipinski definition) is 1. The van der Waals surface area contributed by atoms with E-state index in [9.17, 15) is 23.3 Å². The van der Waals surface area contributed by atoms with E-state index in [1.807, 2.05) is 0 Å². The third-order valence-electron chi connectivity index (χ3n) is 3.31. The first-order valence-corrected chi connectivity index (χ1v) is 6.64. The van der Waals surface area contributed by atoms with Gasteiger partial charge in [0.2, 0.25) is 0 Å². The summed E-state index contributed by atoms with van der Waals surface area (Å²) in [5, 5.41) is 13.6. The molecule has 21 heavy (non-hydrogen) atoms. The van der Waals surface area contributed by atoms with Crippen LogP contribution in [0.1, 0.15) is 11.6 Å². The summed E-state index contributed by atoms with van der Waals surface area (Å²) >= 11 is 5.65. The normalized spacial score (nSPS) is 18.5. The molecule has 116 valence electrons. The second-order valence-corrected chi connectivity index (χ2v) is 5.11. The first-order valence-electron chi connectivity index (χ1n) is 6.26. The number of alkyl halides is 3. The second-order valence-electron chi connectivity index (χ2n) is 4.70. The van der Waals surface area contributed by atoms with Crippen molar-refractivity contribution < 1.29 is 18.1 Å². The molecule has 1 fully saturated rings. The molecule has 1 N–H and O–H groups in total. The molecule has 1 heterocycles. The molecule has 0 bridgehead atoms. The molecule has 0 aliphatic carbocycles. The smallest absolute Gasteiger partial charge is 0.314 e. The van der Waals surface area contributed by atoms with Gasteiger partial charge in [0.15, 0.2) is 0 Å². The van der Waals surface area contributed by atoms with E-state index in [1.165, 1.54) is 11.0 Å². The zero-order chi connectivity index (χ0) is 15.6. The van der Waals surface area contributed by atoms with Gasteiger partial charge in [-0.25, -0.2) is 0 Å². The van der Waals surface area contributed by atoms with Crippen LogP contribution in [0, 0.1) is 10.1 Å². The standard InChI is InChI=1S/C12H13ClF3N3O2/c13-9-2-1-8(7-10(9)19(20)21)11(12(14,15)16)18-5-3-17-4-6-18/h1-2,7,11,17H,3-6H2/t11-/m0/s1. The molecule has 0 saturated carbocycles.